The Labute approximate surface area is 338 Å². The molecule has 0 bridgehead atoms. The van der Waals surface area contributed by atoms with E-state index in [-0.39, 0.29) is 0 Å². The predicted octanol–water partition coefficient (Wildman–Crippen LogP) is 13.4. The van der Waals surface area contributed by atoms with Crippen LogP contribution in [-0.4, -0.2) is 73.6 Å². The van der Waals surface area contributed by atoms with Crippen LogP contribution in [0.4, 0.5) is 4.79 Å². The van der Waals surface area contributed by atoms with Gasteiger partial charge in [-0.15, -0.1) is 0 Å². The normalized spacial score (nSPS) is 11.6. The number of hydrogen-bond acceptors (Lipinski definition) is 5. The van der Waals surface area contributed by atoms with Crippen LogP contribution in [0.15, 0.2) is 0 Å². The van der Waals surface area contributed by atoms with E-state index in [0.29, 0.717) is 6.54 Å². The molecule has 324 valence electrons. The van der Waals surface area contributed by atoms with Crippen LogP contribution in [0.25, 0.3) is 0 Å². The number of amides is 1. The van der Waals surface area contributed by atoms with Gasteiger partial charge in [0.05, 0.1) is 0 Å². The third-order valence-corrected chi connectivity index (χ3v) is 11.3. The third-order valence-electron chi connectivity index (χ3n) is 11.3. The van der Waals surface area contributed by atoms with Gasteiger partial charge in [-0.3, -0.25) is 0 Å². The molecule has 0 aliphatic rings. The van der Waals surface area contributed by atoms with Gasteiger partial charge in [-0.2, -0.15) is 0 Å². The SMILES string of the molecule is CCCCCCCCCCCCCCCCCCN(CCCCCCCCCCCCCCCCCC)N(CCCNCCCCNCCCN)C(=O)O. The van der Waals surface area contributed by atoms with Gasteiger partial charge in [0.15, 0.2) is 0 Å². The number of rotatable bonds is 47. The standard InChI is InChI=1S/C47H99N5O2/c1-3-5-7-9-11-13-15-17-19-21-23-25-27-29-31-35-44-51(52(47(53)54)46-38-43-50-41-34-33-40-49-42-37-39-48)45-36-32-30-28-26-24-22-20-18-16-14-12-10-8-6-4-2/h49-50H,3-46,48H2,1-2H3,(H,53,54). The maximum Gasteiger partial charge on any atom is 0.421 e. The summed E-state index contributed by atoms with van der Waals surface area (Å²) in [5, 5.41) is 21.0. The summed E-state index contributed by atoms with van der Waals surface area (Å²) >= 11 is 0. The highest BCUT2D eigenvalue weighted by molar-refractivity contribution is 5.64. The van der Waals surface area contributed by atoms with E-state index in [4.69, 9.17) is 5.73 Å². The molecule has 0 radical (unpaired) electrons. The number of carbonyl (C=O) groups is 1. The Bertz CT molecular complexity index is 676. The van der Waals surface area contributed by atoms with E-state index in [1.54, 1.807) is 5.01 Å². The van der Waals surface area contributed by atoms with Crippen LogP contribution in [-0.2, 0) is 0 Å². The Balaban J connectivity index is 4.28. The fourth-order valence-electron chi connectivity index (χ4n) is 7.73. The number of nitrogens with one attached hydrogen (secondary N) is 2. The van der Waals surface area contributed by atoms with Gasteiger partial charge in [0, 0.05) is 19.6 Å². The molecule has 0 heterocycles. The zero-order valence-electron chi connectivity index (χ0n) is 36.9. The molecule has 1 amide bonds. The highest BCUT2D eigenvalue weighted by atomic mass is 16.4. The number of nitrogens with zero attached hydrogens (tertiary/aromatic N) is 2. The van der Waals surface area contributed by atoms with Crippen molar-refractivity contribution in [2.75, 3.05) is 52.4 Å². The minimum Gasteiger partial charge on any atom is -0.464 e. The van der Waals surface area contributed by atoms with Gasteiger partial charge in [0.25, 0.3) is 0 Å². The maximum absolute atomic E-state index is 12.4. The Morgan fingerprint density at radius 3 is 0.963 bits per heavy atom. The smallest absolute Gasteiger partial charge is 0.421 e. The van der Waals surface area contributed by atoms with E-state index in [1.165, 1.54) is 193 Å². The first-order chi connectivity index (χ1) is 26.7. The Hall–Kier alpha value is -0.890. The molecule has 7 nitrogen and oxygen atoms in total. The predicted molar refractivity (Wildman–Crippen MR) is 239 cm³/mol. The van der Waals surface area contributed by atoms with Gasteiger partial charge in [-0.25, -0.2) is 14.8 Å². The van der Waals surface area contributed by atoms with E-state index in [2.05, 4.69) is 29.5 Å². The van der Waals surface area contributed by atoms with Crippen molar-refractivity contribution in [3.63, 3.8) is 0 Å². The summed E-state index contributed by atoms with van der Waals surface area (Å²) < 4.78 is 0. The van der Waals surface area contributed by atoms with E-state index in [1.807, 2.05) is 0 Å². The summed E-state index contributed by atoms with van der Waals surface area (Å²) in [5.74, 6) is 0. The first-order valence-electron chi connectivity index (χ1n) is 24.5. The fourth-order valence-corrected chi connectivity index (χ4v) is 7.73. The number of unbranched alkanes of at least 4 members (excludes halogenated alkanes) is 31. The number of carboxylic acid groups (broad SMARTS) is 1. The average Bonchev–Trinajstić information content (AvgIpc) is 3.17. The van der Waals surface area contributed by atoms with Crippen molar-refractivity contribution in [3.05, 3.63) is 0 Å². The summed E-state index contributed by atoms with van der Waals surface area (Å²) in [7, 11) is 0. The van der Waals surface area contributed by atoms with Gasteiger partial charge >= 0.3 is 6.09 Å². The van der Waals surface area contributed by atoms with Crippen LogP contribution in [0.3, 0.4) is 0 Å². The van der Waals surface area contributed by atoms with Crippen molar-refractivity contribution in [1.82, 2.24) is 20.7 Å². The van der Waals surface area contributed by atoms with E-state index in [0.717, 1.165) is 84.3 Å². The van der Waals surface area contributed by atoms with Crippen LogP contribution in [0.5, 0.6) is 0 Å². The van der Waals surface area contributed by atoms with E-state index < -0.39 is 6.09 Å². The lowest BCUT2D eigenvalue weighted by Crippen LogP contribution is -2.47. The summed E-state index contributed by atoms with van der Waals surface area (Å²) in [4.78, 5) is 12.4. The first kappa shape index (κ1) is 53.1. The lowest BCUT2D eigenvalue weighted by Gasteiger charge is -2.33. The van der Waals surface area contributed by atoms with Crippen molar-refractivity contribution in [2.45, 2.75) is 245 Å². The zero-order chi connectivity index (χ0) is 39.3. The highest BCUT2D eigenvalue weighted by Crippen LogP contribution is 2.16. The second-order valence-corrected chi connectivity index (χ2v) is 16.7. The first-order valence-corrected chi connectivity index (χ1v) is 24.5. The lowest BCUT2D eigenvalue weighted by atomic mass is 10.0. The molecular weight excluding hydrogens is 667 g/mol. The molecule has 0 aromatic carbocycles. The number of hydrogen-bond donors (Lipinski definition) is 4. The summed E-state index contributed by atoms with van der Waals surface area (Å²) in [6, 6.07) is 0. The van der Waals surface area contributed by atoms with Gasteiger partial charge in [-0.05, 0) is 71.2 Å². The molecule has 0 aromatic heterocycles. The maximum atomic E-state index is 12.4. The van der Waals surface area contributed by atoms with Crippen molar-refractivity contribution < 1.29 is 9.90 Å². The molecule has 0 aliphatic heterocycles. The average molecular weight is 766 g/mol. The molecule has 0 rings (SSSR count). The largest absolute Gasteiger partial charge is 0.464 e. The molecule has 54 heavy (non-hydrogen) atoms. The molecule has 0 unspecified atom stereocenters. The van der Waals surface area contributed by atoms with Gasteiger partial charge < -0.3 is 21.5 Å². The molecule has 0 aliphatic carbocycles. The molecule has 0 saturated carbocycles. The highest BCUT2D eigenvalue weighted by Gasteiger charge is 2.20. The number of hydrazine groups is 1. The van der Waals surface area contributed by atoms with Gasteiger partial charge in [0.1, 0.15) is 0 Å². The second kappa shape index (κ2) is 46.5. The van der Waals surface area contributed by atoms with Crippen LogP contribution < -0.4 is 16.4 Å². The quantitative estimate of drug-likeness (QED) is 0.0364. The third kappa shape index (κ3) is 40.8. The molecule has 0 spiro atoms. The van der Waals surface area contributed by atoms with Crippen molar-refractivity contribution >= 4 is 6.09 Å². The van der Waals surface area contributed by atoms with Crippen molar-refractivity contribution in [1.29, 1.82) is 0 Å². The minimum absolute atomic E-state index is 0.584. The lowest BCUT2D eigenvalue weighted by molar-refractivity contribution is -0.0126. The monoisotopic (exact) mass is 766 g/mol. The molecule has 7 heteroatoms. The van der Waals surface area contributed by atoms with Crippen LogP contribution >= 0.6 is 0 Å². The van der Waals surface area contributed by atoms with Crippen LogP contribution in [0, 0.1) is 0 Å². The second-order valence-electron chi connectivity index (χ2n) is 16.7. The number of nitrogens with two attached hydrogens (primary N) is 1. The van der Waals surface area contributed by atoms with Crippen LogP contribution in [0.2, 0.25) is 0 Å². The summed E-state index contributed by atoms with van der Waals surface area (Å²) in [5.41, 5.74) is 5.56. The Morgan fingerprint density at radius 2 is 0.667 bits per heavy atom. The van der Waals surface area contributed by atoms with Gasteiger partial charge in [0.2, 0.25) is 0 Å². The Morgan fingerprint density at radius 1 is 0.389 bits per heavy atom. The zero-order valence-corrected chi connectivity index (χ0v) is 36.9. The molecular formula is C47H99N5O2. The van der Waals surface area contributed by atoms with Gasteiger partial charge in [-0.1, -0.05) is 206 Å². The van der Waals surface area contributed by atoms with E-state index in [9.17, 15) is 9.90 Å². The van der Waals surface area contributed by atoms with Crippen LogP contribution in [0.1, 0.15) is 245 Å². The topological polar surface area (TPSA) is 93.9 Å². The van der Waals surface area contributed by atoms with Crippen molar-refractivity contribution in [2.24, 2.45) is 5.73 Å². The molecule has 0 saturated heterocycles. The summed E-state index contributed by atoms with van der Waals surface area (Å²) in [6.45, 7) is 11.6. The molecule has 0 fully saturated rings. The van der Waals surface area contributed by atoms with E-state index >= 15 is 0 Å². The fraction of sp³-hybridized carbons (Fsp3) is 0.979. The molecule has 0 atom stereocenters. The summed E-state index contributed by atoms with van der Waals surface area (Å²) in [6.07, 6.45) is 47.1. The Kier molecular flexibility index (Phi) is 45.7. The molecule has 5 N–H and O–H groups in total. The molecule has 0 aromatic rings. The van der Waals surface area contributed by atoms with Crippen molar-refractivity contribution in [3.8, 4) is 0 Å². The minimum atomic E-state index is -0.786.